The van der Waals surface area contributed by atoms with E-state index in [0.29, 0.717) is 17.2 Å². The smallest absolute Gasteiger partial charge is 0.255 e. The molecule has 4 atom stereocenters. The number of hydrogen-bond donors (Lipinski definition) is 3. The molecule has 0 radical (unpaired) electrons. The molecule has 3 amide bonds. The molecule has 1 aromatic carbocycles. The van der Waals surface area contributed by atoms with Crippen molar-refractivity contribution in [3.05, 3.63) is 28.8 Å². The van der Waals surface area contributed by atoms with E-state index in [1.54, 1.807) is 32.0 Å². The molecule has 0 unspecified atom stereocenters. The predicted octanol–water partition coefficient (Wildman–Crippen LogP) is 2.28. The van der Waals surface area contributed by atoms with Crippen molar-refractivity contribution < 1.29 is 19.1 Å². The molecule has 0 bridgehead atoms. The van der Waals surface area contributed by atoms with Gasteiger partial charge in [-0.15, -0.1) is 0 Å². The summed E-state index contributed by atoms with van der Waals surface area (Å²) in [6.45, 7) is 7.61. The fraction of sp³-hybridized carbons (Fsp3) is 0.550. The summed E-state index contributed by atoms with van der Waals surface area (Å²) in [4.78, 5) is 38.3. The van der Waals surface area contributed by atoms with E-state index in [2.05, 4.69) is 16.0 Å². The number of carbonyl (C=O) groups is 3. The lowest BCUT2D eigenvalue weighted by atomic mass is 9.97. The van der Waals surface area contributed by atoms with E-state index in [0.717, 1.165) is 6.42 Å². The van der Waals surface area contributed by atoms with Crippen LogP contribution in [0.2, 0.25) is 5.02 Å². The lowest BCUT2D eigenvalue weighted by Crippen LogP contribution is -2.56. The molecule has 8 heteroatoms. The maximum atomic E-state index is 12.8. The minimum Gasteiger partial charge on any atom is -0.491 e. The summed E-state index contributed by atoms with van der Waals surface area (Å²) in [6.07, 6.45) is 1.10. The normalized spacial score (nSPS) is 24.9. The molecular weight excluding hydrogens is 382 g/mol. The second kappa shape index (κ2) is 9.78. The number of amides is 3. The van der Waals surface area contributed by atoms with Crippen LogP contribution in [0, 0.1) is 5.92 Å². The highest BCUT2D eigenvalue weighted by molar-refractivity contribution is 6.30. The van der Waals surface area contributed by atoms with Gasteiger partial charge in [0.15, 0.2) is 0 Å². The molecule has 1 aliphatic heterocycles. The summed E-state index contributed by atoms with van der Waals surface area (Å²) < 4.78 is 5.77. The Balaban J connectivity index is 2.39. The maximum Gasteiger partial charge on any atom is 0.255 e. The molecule has 7 nitrogen and oxygen atoms in total. The van der Waals surface area contributed by atoms with Gasteiger partial charge in [0.2, 0.25) is 11.8 Å². The number of benzene rings is 1. The first-order valence-electron chi connectivity index (χ1n) is 9.60. The summed E-state index contributed by atoms with van der Waals surface area (Å²) in [5.74, 6) is -0.851. The molecule has 1 heterocycles. The van der Waals surface area contributed by atoms with Crippen molar-refractivity contribution in [1.29, 1.82) is 0 Å². The Labute approximate surface area is 170 Å². The number of halogens is 1. The summed E-state index contributed by atoms with van der Waals surface area (Å²) in [6, 6.07) is 2.91. The SMILES string of the molecule is CC[C@H]1NC(=O)c2ccc(Cl)cc2OC[C@H](C)NC(=O)[C@@H]([C@@H](C)CC)NC1=O. The minimum absolute atomic E-state index is 0.0635. The molecule has 154 valence electrons. The Morgan fingerprint density at radius 3 is 2.50 bits per heavy atom. The molecule has 0 saturated carbocycles. The largest absolute Gasteiger partial charge is 0.491 e. The first-order chi connectivity index (χ1) is 13.3. The number of nitrogens with one attached hydrogen (secondary N) is 3. The van der Waals surface area contributed by atoms with Gasteiger partial charge in [0.05, 0.1) is 11.6 Å². The van der Waals surface area contributed by atoms with Crippen LogP contribution in [0.4, 0.5) is 0 Å². The van der Waals surface area contributed by atoms with Gasteiger partial charge in [-0.3, -0.25) is 14.4 Å². The summed E-state index contributed by atoms with van der Waals surface area (Å²) >= 11 is 6.04. The molecular formula is C20H28ClN3O4. The maximum absolute atomic E-state index is 12.8. The van der Waals surface area contributed by atoms with E-state index < -0.39 is 18.0 Å². The number of carbonyl (C=O) groups excluding carboxylic acids is 3. The number of ether oxygens (including phenoxy) is 1. The topological polar surface area (TPSA) is 96.5 Å². The van der Waals surface area contributed by atoms with Crippen molar-refractivity contribution in [2.45, 2.75) is 58.7 Å². The zero-order valence-electron chi connectivity index (χ0n) is 16.7. The van der Waals surface area contributed by atoms with Gasteiger partial charge in [-0.2, -0.15) is 0 Å². The van der Waals surface area contributed by atoms with Crippen LogP contribution in [-0.4, -0.2) is 42.5 Å². The minimum atomic E-state index is -0.770. The van der Waals surface area contributed by atoms with Gasteiger partial charge in [-0.1, -0.05) is 38.8 Å². The third-order valence-electron chi connectivity index (χ3n) is 4.89. The van der Waals surface area contributed by atoms with Crippen LogP contribution in [0.15, 0.2) is 18.2 Å². The van der Waals surface area contributed by atoms with Crippen molar-refractivity contribution in [3.63, 3.8) is 0 Å². The Hall–Kier alpha value is -2.28. The molecule has 0 saturated heterocycles. The molecule has 0 spiro atoms. The third kappa shape index (κ3) is 5.38. The summed E-state index contributed by atoms with van der Waals surface area (Å²) in [5, 5.41) is 8.83. The van der Waals surface area contributed by atoms with E-state index in [4.69, 9.17) is 16.3 Å². The first-order valence-corrected chi connectivity index (χ1v) is 9.98. The van der Waals surface area contributed by atoms with Crippen molar-refractivity contribution in [3.8, 4) is 5.75 Å². The zero-order chi connectivity index (χ0) is 20.8. The standard InChI is InChI=1S/C20H28ClN3O4/c1-5-11(3)17-20(27)22-12(4)10-28-16-9-13(21)7-8-14(16)18(25)23-15(6-2)19(26)24-17/h7-9,11-12,15,17H,5-6,10H2,1-4H3,(H,22,27)(H,23,25)(H,24,26)/t11-,12-,15+,17+/m0/s1. The van der Waals surface area contributed by atoms with Crippen molar-refractivity contribution in [2.75, 3.05) is 6.61 Å². The van der Waals surface area contributed by atoms with Gasteiger partial charge in [0.25, 0.3) is 5.91 Å². The highest BCUT2D eigenvalue weighted by atomic mass is 35.5. The van der Waals surface area contributed by atoms with Gasteiger partial charge in [0.1, 0.15) is 24.4 Å². The molecule has 0 aliphatic carbocycles. The molecule has 0 fully saturated rings. The Bertz CT molecular complexity index is 740. The van der Waals surface area contributed by atoms with Gasteiger partial charge < -0.3 is 20.7 Å². The van der Waals surface area contributed by atoms with E-state index >= 15 is 0 Å². The highest BCUT2D eigenvalue weighted by Crippen LogP contribution is 2.24. The van der Waals surface area contributed by atoms with Crippen LogP contribution in [0.3, 0.4) is 0 Å². The highest BCUT2D eigenvalue weighted by Gasteiger charge is 2.31. The van der Waals surface area contributed by atoms with Gasteiger partial charge in [0, 0.05) is 5.02 Å². The lowest BCUT2D eigenvalue weighted by molar-refractivity contribution is -0.131. The van der Waals surface area contributed by atoms with Gasteiger partial charge >= 0.3 is 0 Å². The van der Waals surface area contributed by atoms with Crippen LogP contribution in [0.1, 0.15) is 50.9 Å². The van der Waals surface area contributed by atoms with Crippen LogP contribution in [-0.2, 0) is 9.59 Å². The van der Waals surface area contributed by atoms with Crippen molar-refractivity contribution in [1.82, 2.24) is 16.0 Å². The predicted molar refractivity (Wildman–Crippen MR) is 107 cm³/mol. The first kappa shape index (κ1) is 22.0. The van der Waals surface area contributed by atoms with Gasteiger partial charge in [-0.05, 0) is 37.5 Å². The van der Waals surface area contributed by atoms with E-state index in [1.807, 2.05) is 13.8 Å². The van der Waals surface area contributed by atoms with Crippen LogP contribution in [0.5, 0.6) is 5.75 Å². The lowest BCUT2D eigenvalue weighted by Gasteiger charge is -2.27. The van der Waals surface area contributed by atoms with E-state index in [9.17, 15) is 14.4 Å². The molecule has 2 rings (SSSR count). The van der Waals surface area contributed by atoms with E-state index in [1.165, 1.54) is 0 Å². The average Bonchev–Trinajstić information content (AvgIpc) is 2.67. The monoisotopic (exact) mass is 409 g/mol. The second-order valence-electron chi connectivity index (χ2n) is 7.17. The van der Waals surface area contributed by atoms with Crippen LogP contribution < -0.4 is 20.7 Å². The van der Waals surface area contributed by atoms with E-state index in [-0.39, 0.29) is 35.9 Å². The summed E-state index contributed by atoms with van der Waals surface area (Å²) in [7, 11) is 0. The zero-order valence-corrected chi connectivity index (χ0v) is 17.4. The number of fused-ring (bicyclic) bond motifs is 1. The van der Waals surface area contributed by atoms with Crippen LogP contribution in [0.25, 0.3) is 0 Å². The van der Waals surface area contributed by atoms with Crippen molar-refractivity contribution in [2.24, 2.45) is 5.92 Å². The fourth-order valence-electron chi connectivity index (χ4n) is 2.94. The van der Waals surface area contributed by atoms with Gasteiger partial charge in [-0.25, -0.2) is 0 Å². The average molecular weight is 410 g/mol. The molecule has 28 heavy (non-hydrogen) atoms. The molecule has 1 aromatic rings. The third-order valence-corrected chi connectivity index (χ3v) is 5.12. The van der Waals surface area contributed by atoms with Crippen molar-refractivity contribution >= 4 is 29.3 Å². The molecule has 0 aromatic heterocycles. The number of hydrogen-bond acceptors (Lipinski definition) is 4. The Morgan fingerprint density at radius 2 is 1.86 bits per heavy atom. The molecule has 3 N–H and O–H groups in total. The Morgan fingerprint density at radius 1 is 1.14 bits per heavy atom. The number of rotatable bonds is 3. The Kier molecular flexibility index (Phi) is 7.69. The molecule has 1 aliphatic rings. The fourth-order valence-corrected chi connectivity index (χ4v) is 3.10. The van der Waals surface area contributed by atoms with Crippen LogP contribution >= 0.6 is 11.6 Å². The summed E-state index contributed by atoms with van der Waals surface area (Å²) in [5.41, 5.74) is 0.284. The quantitative estimate of drug-likeness (QED) is 0.713. The second-order valence-corrected chi connectivity index (χ2v) is 7.60.